The summed E-state index contributed by atoms with van der Waals surface area (Å²) in [5.74, 6) is -0.677. The number of nitrogens with zero attached hydrogens (tertiary/aromatic N) is 2. The highest BCUT2D eigenvalue weighted by Gasteiger charge is 2.34. The van der Waals surface area contributed by atoms with Crippen molar-refractivity contribution in [1.82, 2.24) is 15.1 Å². The summed E-state index contributed by atoms with van der Waals surface area (Å²) < 4.78 is 7.42. The summed E-state index contributed by atoms with van der Waals surface area (Å²) in [6.45, 7) is 2.17. The van der Waals surface area contributed by atoms with Crippen LogP contribution in [0.1, 0.15) is 92.5 Å². The largest absolute Gasteiger partial charge is 0.466 e. The summed E-state index contributed by atoms with van der Waals surface area (Å²) in [4.78, 5) is 25.6. The fourth-order valence-corrected chi connectivity index (χ4v) is 5.16. The molecule has 1 saturated carbocycles. The first-order valence-electron chi connectivity index (χ1n) is 11.4. The molecule has 0 spiro atoms. The SMILES string of the molecule is CCOC(=O)C1CC=CCC1NC(=O)c1nn(C2CCCCC2)c2c1CCCC2. The Balaban J connectivity index is 1.55. The Labute approximate surface area is 173 Å². The standard InChI is InChI=1S/C23H33N3O3/c1-2-29-23(28)17-12-6-8-14-19(17)24-22(27)21-18-13-7-9-15-20(18)26(25-21)16-10-4-3-5-11-16/h6,8,16-17,19H,2-5,7,9-15H2,1H3,(H,24,27). The Hall–Kier alpha value is -2.11. The topological polar surface area (TPSA) is 73.2 Å². The third kappa shape index (κ3) is 4.26. The van der Waals surface area contributed by atoms with Gasteiger partial charge in [-0.15, -0.1) is 0 Å². The quantitative estimate of drug-likeness (QED) is 0.602. The average Bonchev–Trinajstić information content (AvgIpc) is 3.15. The summed E-state index contributed by atoms with van der Waals surface area (Å²) >= 11 is 0. The van der Waals surface area contributed by atoms with E-state index in [2.05, 4.69) is 10.00 Å². The molecule has 2 atom stereocenters. The first-order chi connectivity index (χ1) is 14.2. The Kier molecular flexibility index (Phi) is 6.36. The van der Waals surface area contributed by atoms with Crippen LogP contribution in [0, 0.1) is 5.92 Å². The zero-order chi connectivity index (χ0) is 20.2. The minimum Gasteiger partial charge on any atom is -0.466 e. The number of aromatic nitrogens is 2. The zero-order valence-electron chi connectivity index (χ0n) is 17.5. The highest BCUT2D eigenvalue weighted by Crippen LogP contribution is 2.33. The van der Waals surface area contributed by atoms with Crippen molar-refractivity contribution in [2.45, 2.75) is 89.6 Å². The number of hydrogen-bond acceptors (Lipinski definition) is 4. The molecule has 1 heterocycles. The Morgan fingerprint density at radius 3 is 2.66 bits per heavy atom. The lowest BCUT2D eigenvalue weighted by Gasteiger charge is -2.27. The number of fused-ring (bicyclic) bond motifs is 1. The van der Waals surface area contributed by atoms with Gasteiger partial charge in [-0.05, 0) is 58.3 Å². The molecule has 0 saturated heterocycles. The second-order valence-electron chi connectivity index (χ2n) is 8.60. The molecule has 0 aromatic carbocycles. The van der Waals surface area contributed by atoms with Crippen molar-refractivity contribution in [3.63, 3.8) is 0 Å². The van der Waals surface area contributed by atoms with Crippen LogP contribution in [0.5, 0.6) is 0 Å². The van der Waals surface area contributed by atoms with E-state index in [0.29, 0.717) is 31.2 Å². The molecule has 3 aliphatic carbocycles. The molecule has 1 amide bonds. The van der Waals surface area contributed by atoms with E-state index < -0.39 is 0 Å². The maximum atomic E-state index is 13.2. The number of nitrogens with one attached hydrogen (secondary N) is 1. The predicted molar refractivity (Wildman–Crippen MR) is 111 cm³/mol. The maximum Gasteiger partial charge on any atom is 0.311 e. The van der Waals surface area contributed by atoms with Crippen LogP contribution in [0.4, 0.5) is 0 Å². The number of esters is 1. The monoisotopic (exact) mass is 399 g/mol. The van der Waals surface area contributed by atoms with Gasteiger partial charge in [0.15, 0.2) is 5.69 Å². The van der Waals surface area contributed by atoms with Gasteiger partial charge in [0, 0.05) is 17.3 Å². The van der Waals surface area contributed by atoms with E-state index in [9.17, 15) is 9.59 Å². The smallest absolute Gasteiger partial charge is 0.311 e. The van der Waals surface area contributed by atoms with Crippen molar-refractivity contribution >= 4 is 11.9 Å². The van der Waals surface area contributed by atoms with Crippen LogP contribution in [-0.2, 0) is 22.4 Å². The molecule has 0 bridgehead atoms. The fraction of sp³-hybridized carbons (Fsp3) is 0.696. The summed E-state index contributed by atoms with van der Waals surface area (Å²) in [5, 5.41) is 7.98. The van der Waals surface area contributed by atoms with Crippen molar-refractivity contribution in [2.24, 2.45) is 5.92 Å². The Bertz CT molecular complexity index is 777. The highest BCUT2D eigenvalue weighted by atomic mass is 16.5. The molecule has 6 nitrogen and oxygen atoms in total. The molecular weight excluding hydrogens is 366 g/mol. The molecule has 29 heavy (non-hydrogen) atoms. The van der Waals surface area contributed by atoms with Gasteiger partial charge in [-0.2, -0.15) is 5.10 Å². The van der Waals surface area contributed by atoms with Gasteiger partial charge >= 0.3 is 5.97 Å². The molecule has 0 radical (unpaired) electrons. The van der Waals surface area contributed by atoms with Gasteiger partial charge < -0.3 is 10.1 Å². The normalized spacial score (nSPS) is 24.7. The van der Waals surface area contributed by atoms with E-state index >= 15 is 0 Å². The van der Waals surface area contributed by atoms with Gasteiger partial charge in [-0.1, -0.05) is 31.4 Å². The number of carbonyl (C=O) groups excluding carboxylic acids is 2. The molecule has 2 unspecified atom stereocenters. The second kappa shape index (κ2) is 9.14. The van der Waals surface area contributed by atoms with E-state index in [0.717, 1.165) is 37.7 Å². The Morgan fingerprint density at radius 2 is 1.86 bits per heavy atom. The van der Waals surface area contributed by atoms with Crippen LogP contribution in [-0.4, -0.2) is 34.3 Å². The lowest BCUT2D eigenvalue weighted by atomic mass is 9.88. The molecular formula is C23H33N3O3. The number of rotatable bonds is 5. The predicted octanol–water partition coefficient (Wildman–Crippen LogP) is 3.89. The van der Waals surface area contributed by atoms with Gasteiger partial charge in [0.2, 0.25) is 0 Å². The molecule has 1 aromatic heterocycles. The first-order valence-corrected chi connectivity index (χ1v) is 11.4. The highest BCUT2D eigenvalue weighted by molar-refractivity contribution is 5.94. The average molecular weight is 400 g/mol. The van der Waals surface area contributed by atoms with Crippen molar-refractivity contribution in [3.05, 3.63) is 29.1 Å². The third-order valence-corrected chi connectivity index (χ3v) is 6.68. The van der Waals surface area contributed by atoms with E-state index in [-0.39, 0.29) is 23.8 Å². The molecule has 1 N–H and O–H groups in total. The van der Waals surface area contributed by atoms with Gasteiger partial charge in [-0.25, -0.2) is 0 Å². The minimum atomic E-state index is -0.319. The van der Waals surface area contributed by atoms with Gasteiger partial charge in [-0.3, -0.25) is 14.3 Å². The van der Waals surface area contributed by atoms with Crippen molar-refractivity contribution in [3.8, 4) is 0 Å². The van der Waals surface area contributed by atoms with Crippen molar-refractivity contribution in [2.75, 3.05) is 6.61 Å². The van der Waals surface area contributed by atoms with Crippen molar-refractivity contribution in [1.29, 1.82) is 0 Å². The molecule has 158 valence electrons. The number of amides is 1. The lowest BCUT2D eigenvalue weighted by molar-refractivity contribution is -0.149. The van der Waals surface area contributed by atoms with Crippen LogP contribution in [0.15, 0.2) is 12.2 Å². The lowest BCUT2D eigenvalue weighted by Crippen LogP contribution is -2.45. The van der Waals surface area contributed by atoms with Gasteiger partial charge in [0.1, 0.15) is 0 Å². The van der Waals surface area contributed by atoms with E-state index in [4.69, 9.17) is 9.84 Å². The maximum absolute atomic E-state index is 13.2. The minimum absolute atomic E-state index is 0.132. The van der Waals surface area contributed by atoms with E-state index in [1.807, 2.05) is 19.1 Å². The van der Waals surface area contributed by atoms with Crippen LogP contribution < -0.4 is 5.32 Å². The molecule has 4 rings (SSSR count). The van der Waals surface area contributed by atoms with Crippen LogP contribution >= 0.6 is 0 Å². The Morgan fingerprint density at radius 1 is 1.10 bits per heavy atom. The molecule has 6 heteroatoms. The number of hydrogen-bond donors (Lipinski definition) is 1. The molecule has 1 aromatic rings. The summed E-state index contributed by atoms with van der Waals surface area (Å²) in [7, 11) is 0. The van der Waals surface area contributed by atoms with Gasteiger partial charge in [0.05, 0.1) is 18.6 Å². The van der Waals surface area contributed by atoms with Crippen molar-refractivity contribution < 1.29 is 14.3 Å². The van der Waals surface area contributed by atoms with E-state index in [1.165, 1.54) is 31.4 Å². The van der Waals surface area contributed by atoms with Crippen LogP contribution in [0.3, 0.4) is 0 Å². The number of ether oxygens (including phenoxy) is 1. The third-order valence-electron chi connectivity index (χ3n) is 6.68. The zero-order valence-corrected chi connectivity index (χ0v) is 17.5. The summed E-state index contributed by atoms with van der Waals surface area (Å²) in [6, 6.07) is 0.202. The first kappa shape index (κ1) is 20.2. The number of allylic oxidation sites excluding steroid dienone is 1. The molecule has 3 aliphatic rings. The molecule has 0 aliphatic heterocycles. The summed E-state index contributed by atoms with van der Waals surface area (Å²) in [6.07, 6.45) is 15.7. The number of carbonyl (C=O) groups is 2. The van der Waals surface area contributed by atoms with Crippen LogP contribution in [0.25, 0.3) is 0 Å². The molecule has 1 fully saturated rings. The van der Waals surface area contributed by atoms with Crippen LogP contribution in [0.2, 0.25) is 0 Å². The fourth-order valence-electron chi connectivity index (χ4n) is 5.16. The van der Waals surface area contributed by atoms with Gasteiger partial charge in [0.25, 0.3) is 5.91 Å². The van der Waals surface area contributed by atoms with E-state index in [1.54, 1.807) is 0 Å². The second-order valence-corrected chi connectivity index (χ2v) is 8.60. The summed E-state index contributed by atoms with van der Waals surface area (Å²) in [5.41, 5.74) is 3.00.